The van der Waals surface area contributed by atoms with Crippen LogP contribution in [0.2, 0.25) is 0 Å². The van der Waals surface area contributed by atoms with Gasteiger partial charge in [-0.05, 0) is 54.1 Å². The molecule has 0 fully saturated rings. The van der Waals surface area contributed by atoms with Crippen LogP contribution in [-0.2, 0) is 9.53 Å². The lowest BCUT2D eigenvalue weighted by atomic mass is 10.2. The lowest BCUT2D eigenvalue weighted by Crippen LogP contribution is -2.10. The Hall–Kier alpha value is -3.58. The Kier molecular flexibility index (Phi) is 5.54. The summed E-state index contributed by atoms with van der Waals surface area (Å²) < 4.78 is 25.0. The van der Waals surface area contributed by atoms with E-state index in [1.165, 1.54) is 18.2 Å². The lowest BCUT2D eigenvalue weighted by molar-refractivity contribution is -0.129. The number of carbonyl (C=O) groups excluding carboxylic acids is 2. The van der Waals surface area contributed by atoms with Crippen LogP contribution in [0, 0.1) is 5.82 Å². The smallest absolute Gasteiger partial charge is 0.363 e. The summed E-state index contributed by atoms with van der Waals surface area (Å²) in [6.45, 7) is 0. The predicted molar refractivity (Wildman–Crippen MR) is 113 cm³/mol. The van der Waals surface area contributed by atoms with Crippen LogP contribution in [0.1, 0.15) is 21.5 Å². The van der Waals surface area contributed by atoms with Gasteiger partial charge in [0.05, 0.1) is 5.56 Å². The molecular weight excluding hydrogens is 453 g/mol. The molecule has 1 aliphatic heterocycles. The van der Waals surface area contributed by atoms with Crippen molar-refractivity contribution in [1.29, 1.82) is 0 Å². The van der Waals surface area contributed by atoms with E-state index in [-0.39, 0.29) is 22.9 Å². The van der Waals surface area contributed by atoms with Crippen molar-refractivity contribution in [1.82, 2.24) is 0 Å². The monoisotopic (exact) mass is 465 g/mol. The molecule has 1 aliphatic rings. The zero-order valence-corrected chi connectivity index (χ0v) is 16.9. The number of hydrogen-bond acceptors (Lipinski definition) is 5. The van der Waals surface area contributed by atoms with E-state index in [2.05, 4.69) is 20.9 Å². The molecule has 148 valence electrons. The number of aliphatic imine (C=N–C) groups is 1. The van der Waals surface area contributed by atoms with Crippen LogP contribution < -0.4 is 4.74 Å². The van der Waals surface area contributed by atoms with Gasteiger partial charge in [0.15, 0.2) is 5.70 Å². The van der Waals surface area contributed by atoms with Gasteiger partial charge in [-0.25, -0.2) is 19.0 Å². The fourth-order valence-corrected chi connectivity index (χ4v) is 3.13. The minimum absolute atomic E-state index is 0.146. The van der Waals surface area contributed by atoms with Crippen molar-refractivity contribution in [2.24, 2.45) is 4.99 Å². The Balaban J connectivity index is 1.50. The number of carbonyl (C=O) groups is 2. The Bertz CT molecular complexity index is 1200. The first-order valence-corrected chi connectivity index (χ1v) is 9.64. The number of rotatable bonds is 4. The summed E-state index contributed by atoms with van der Waals surface area (Å²) in [7, 11) is 0. The molecule has 0 saturated heterocycles. The van der Waals surface area contributed by atoms with E-state index >= 15 is 0 Å². The highest BCUT2D eigenvalue weighted by Gasteiger charge is 2.24. The number of ether oxygens (including phenoxy) is 2. The fraction of sp³-hybridized carbons (Fsp3) is 0. The molecule has 30 heavy (non-hydrogen) atoms. The van der Waals surface area contributed by atoms with Crippen LogP contribution in [0.15, 0.2) is 88.0 Å². The highest BCUT2D eigenvalue weighted by molar-refractivity contribution is 9.10. The van der Waals surface area contributed by atoms with Gasteiger partial charge < -0.3 is 9.47 Å². The molecule has 0 aliphatic carbocycles. The van der Waals surface area contributed by atoms with Gasteiger partial charge in [0, 0.05) is 10.0 Å². The number of esters is 2. The maximum absolute atomic E-state index is 13.7. The minimum atomic E-state index is -0.790. The molecule has 5 nitrogen and oxygen atoms in total. The molecule has 7 heteroatoms. The summed E-state index contributed by atoms with van der Waals surface area (Å²) in [5.41, 5.74) is 1.34. The second-order valence-electron chi connectivity index (χ2n) is 6.28. The first-order valence-electron chi connectivity index (χ1n) is 8.85. The van der Waals surface area contributed by atoms with Crippen LogP contribution in [-0.4, -0.2) is 17.8 Å². The van der Waals surface area contributed by atoms with Crippen LogP contribution >= 0.6 is 15.9 Å². The Morgan fingerprint density at radius 1 is 1.03 bits per heavy atom. The first-order chi connectivity index (χ1) is 14.5. The number of halogens is 2. The van der Waals surface area contributed by atoms with Crippen LogP contribution in [0.3, 0.4) is 0 Å². The maximum Gasteiger partial charge on any atom is 0.363 e. The van der Waals surface area contributed by atoms with Gasteiger partial charge in [-0.1, -0.05) is 46.3 Å². The molecule has 0 N–H and O–H groups in total. The largest absolute Gasteiger partial charge is 0.423 e. The summed E-state index contributed by atoms with van der Waals surface area (Å²) >= 11 is 3.37. The number of nitrogens with zero attached hydrogens (tertiary/aromatic N) is 1. The number of hydrogen-bond donors (Lipinski definition) is 0. The van der Waals surface area contributed by atoms with Gasteiger partial charge in [0.25, 0.3) is 0 Å². The molecule has 0 spiro atoms. The fourth-order valence-electron chi connectivity index (χ4n) is 2.73. The number of cyclic esters (lactones) is 1. The van der Waals surface area contributed by atoms with Crippen molar-refractivity contribution in [3.8, 4) is 5.75 Å². The molecule has 3 aromatic carbocycles. The van der Waals surface area contributed by atoms with Crippen LogP contribution in [0.5, 0.6) is 5.75 Å². The molecule has 3 aromatic rings. The minimum Gasteiger partial charge on any atom is -0.423 e. The molecule has 0 radical (unpaired) electrons. The van der Waals surface area contributed by atoms with E-state index in [0.717, 1.165) is 4.47 Å². The lowest BCUT2D eigenvalue weighted by Gasteiger charge is -2.05. The summed E-state index contributed by atoms with van der Waals surface area (Å²) in [6, 6.07) is 19.2. The molecule has 0 unspecified atom stereocenters. The standard InChI is InChI=1S/C23H13BrFNO4/c24-16-5-3-4-15(13-16)21-26-20(23(28)30-21)12-14-8-10-17(11-9-14)29-22(27)18-6-1-2-7-19(18)25/h1-13H/b20-12+. The molecule has 0 saturated carbocycles. The number of benzene rings is 3. The van der Waals surface area contributed by atoms with Crippen LogP contribution in [0.25, 0.3) is 6.08 Å². The summed E-state index contributed by atoms with van der Waals surface area (Å²) in [5.74, 6) is -1.52. The average molecular weight is 466 g/mol. The topological polar surface area (TPSA) is 65.0 Å². The molecule has 0 bridgehead atoms. The van der Waals surface area contributed by atoms with Gasteiger partial charge in [-0.15, -0.1) is 0 Å². The quantitative estimate of drug-likeness (QED) is 0.303. The maximum atomic E-state index is 13.7. The zero-order chi connectivity index (χ0) is 21.1. The molecule has 0 amide bonds. The van der Waals surface area contributed by atoms with E-state index in [0.29, 0.717) is 11.1 Å². The third-order valence-corrected chi connectivity index (χ3v) is 4.67. The zero-order valence-electron chi connectivity index (χ0n) is 15.3. The van der Waals surface area contributed by atoms with Crippen molar-refractivity contribution in [2.75, 3.05) is 0 Å². The van der Waals surface area contributed by atoms with E-state index in [9.17, 15) is 14.0 Å². The predicted octanol–water partition coefficient (Wildman–Crippen LogP) is 5.15. The molecule has 0 aromatic heterocycles. The SMILES string of the molecule is O=C1OC(c2cccc(Br)c2)=N/C1=C/c1ccc(OC(=O)c2ccccc2F)cc1. The second kappa shape index (κ2) is 8.42. The summed E-state index contributed by atoms with van der Waals surface area (Å²) in [6.07, 6.45) is 1.57. The van der Waals surface area contributed by atoms with Crippen molar-refractivity contribution < 1.29 is 23.5 Å². The van der Waals surface area contributed by atoms with Gasteiger partial charge >= 0.3 is 11.9 Å². The average Bonchev–Trinajstić information content (AvgIpc) is 3.10. The van der Waals surface area contributed by atoms with E-state index in [4.69, 9.17) is 9.47 Å². The second-order valence-corrected chi connectivity index (χ2v) is 7.20. The van der Waals surface area contributed by atoms with Gasteiger partial charge in [0.2, 0.25) is 5.90 Å². The summed E-state index contributed by atoms with van der Waals surface area (Å²) in [4.78, 5) is 28.5. The van der Waals surface area contributed by atoms with Gasteiger partial charge in [-0.2, -0.15) is 0 Å². The molecule has 0 atom stereocenters. The Morgan fingerprint density at radius 2 is 1.80 bits per heavy atom. The van der Waals surface area contributed by atoms with Crippen molar-refractivity contribution in [3.05, 3.63) is 105 Å². The van der Waals surface area contributed by atoms with Gasteiger partial charge in [-0.3, -0.25) is 0 Å². The summed E-state index contributed by atoms with van der Waals surface area (Å²) in [5, 5.41) is 0. The highest BCUT2D eigenvalue weighted by Crippen LogP contribution is 2.22. The third-order valence-electron chi connectivity index (χ3n) is 4.18. The van der Waals surface area contributed by atoms with Crippen LogP contribution in [0.4, 0.5) is 4.39 Å². The van der Waals surface area contributed by atoms with Crippen molar-refractivity contribution in [3.63, 3.8) is 0 Å². The van der Waals surface area contributed by atoms with Crippen molar-refractivity contribution in [2.45, 2.75) is 0 Å². The highest BCUT2D eigenvalue weighted by atomic mass is 79.9. The van der Waals surface area contributed by atoms with E-state index < -0.39 is 17.8 Å². The van der Waals surface area contributed by atoms with Crippen molar-refractivity contribution >= 4 is 39.8 Å². The third kappa shape index (κ3) is 4.36. The molecule has 1 heterocycles. The van der Waals surface area contributed by atoms with E-state index in [1.807, 2.05) is 12.1 Å². The molecule has 4 rings (SSSR count). The Labute approximate surface area is 179 Å². The molecular formula is C23H13BrFNO4. The first kappa shape index (κ1) is 19.7. The Morgan fingerprint density at radius 3 is 2.53 bits per heavy atom. The van der Waals surface area contributed by atoms with E-state index in [1.54, 1.807) is 48.5 Å². The normalized spacial score (nSPS) is 14.4. The van der Waals surface area contributed by atoms with Gasteiger partial charge in [0.1, 0.15) is 11.6 Å².